The Kier molecular flexibility index (Phi) is 5.62. The van der Waals surface area contributed by atoms with Crippen molar-refractivity contribution in [2.24, 2.45) is 0 Å². The number of rotatable bonds is 7. The van der Waals surface area contributed by atoms with Crippen molar-refractivity contribution in [1.82, 2.24) is 14.8 Å². The van der Waals surface area contributed by atoms with E-state index in [0.29, 0.717) is 12.0 Å². The molecule has 1 aromatic heterocycles. The van der Waals surface area contributed by atoms with Crippen molar-refractivity contribution in [2.75, 3.05) is 24.7 Å². The maximum absolute atomic E-state index is 5.75. The van der Waals surface area contributed by atoms with Crippen molar-refractivity contribution in [3.05, 3.63) is 0 Å². The smallest absolute Gasteiger partial charge is 0.222 e. The summed E-state index contributed by atoms with van der Waals surface area (Å²) in [6.07, 6.45) is 1.02. The van der Waals surface area contributed by atoms with Crippen LogP contribution in [0, 0.1) is 0 Å². The molecule has 0 fully saturated rings. The number of hydrogen-bond donors (Lipinski definition) is 1. The first-order valence-corrected chi connectivity index (χ1v) is 6.56. The third-order valence-corrected chi connectivity index (χ3v) is 3.10. The Morgan fingerprint density at radius 3 is 2.81 bits per heavy atom. The summed E-state index contributed by atoms with van der Waals surface area (Å²) in [5, 5.41) is 8.85. The quantitative estimate of drug-likeness (QED) is 0.586. The van der Waals surface area contributed by atoms with Gasteiger partial charge in [-0.1, -0.05) is 11.8 Å². The second kappa shape index (κ2) is 6.75. The van der Waals surface area contributed by atoms with E-state index in [2.05, 4.69) is 24.0 Å². The first kappa shape index (κ1) is 13.3. The minimum absolute atomic E-state index is 0.296. The minimum Gasteiger partial charge on any atom is -0.382 e. The van der Waals surface area contributed by atoms with Gasteiger partial charge in [-0.15, -0.1) is 10.2 Å². The molecule has 16 heavy (non-hydrogen) atoms. The van der Waals surface area contributed by atoms with E-state index in [4.69, 9.17) is 10.5 Å². The molecule has 0 radical (unpaired) electrons. The number of aromatic nitrogens is 3. The van der Waals surface area contributed by atoms with E-state index in [1.165, 1.54) is 0 Å². The van der Waals surface area contributed by atoms with Gasteiger partial charge < -0.3 is 10.5 Å². The number of nitrogens with zero attached hydrogens (tertiary/aromatic N) is 3. The lowest BCUT2D eigenvalue weighted by atomic mass is 10.4. The highest BCUT2D eigenvalue weighted by Gasteiger charge is 2.12. The molecule has 0 spiro atoms. The van der Waals surface area contributed by atoms with Crippen LogP contribution in [0.3, 0.4) is 0 Å². The molecule has 6 heteroatoms. The van der Waals surface area contributed by atoms with Crippen LogP contribution in [0.1, 0.15) is 33.2 Å². The molecule has 1 aromatic rings. The third kappa shape index (κ3) is 3.68. The summed E-state index contributed by atoms with van der Waals surface area (Å²) in [6, 6.07) is 0.296. The number of hydrogen-bond acceptors (Lipinski definition) is 5. The molecule has 92 valence electrons. The van der Waals surface area contributed by atoms with E-state index in [1.54, 1.807) is 11.8 Å². The zero-order valence-corrected chi connectivity index (χ0v) is 11.0. The van der Waals surface area contributed by atoms with Crippen LogP contribution in [-0.2, 0) is 4.74 Å². The van der Waals surface area contributed by atoms with Gasteiger partial charge in [-0.3, -0.25) is 4.57 Å². The van der Waals surface area contributed by atoms with Crippen LogP contribution in [0.15, 0.2) is 5.16 Å². The van der Waals surface area contributed by atoms with Gasteiger partial charge >= 0.3 is 0 Å². The Balaban J connectivity index is 2.41. The fourth-order valence-electron chi connectivity index (χ4n) is 1.34. The molecule has 0 aromatic carbocycles. The third-order valence-electron chi connectivity index (χ3n) is 2.08. The number of thioether (sulfide) groups is 1. The van der Waals surface area contributed by atoms with Crippen LogP contribution in [0.25, 0.3) is 0 Å². The lowest BCUT2D eigenvalue weighted by molar-refractivity contribution is 0.149. The Hall–Kier alpha value is -0.750. The van der Waals surface area contributed by atoms with Crippen LogP contribution in [0.4, 0.5) is 5.95 Å². The van der Waals surface area contributed by atoms with Crippen molar-refractivity contribution in [2.45, 2.75) is 38.4 Å². The molecule has 0 amide bonds. The highest BCUT2D eigenvalue weighted by atomic mass is 32.2. The number of ether oxygens (including phenoxy) is 1. The Morgan fingerprint density at radius 1 is 1.44 bits per heavy atom. The van der Waals surface area contributed by atoms with Gasteiger partial charge in [0.2, 0.25) is 5.95 Å². The first-order chi connectivity index (χ1) is 7.66. The predicted octanol–water partition coefficient (Wildman–Crippen LogP) is 1.96. The molecule has 0 aliphatic heterocycles. The van der Waals surface area contributed by atoms with Gasteiger partial charge in [0.25, 0.3) is 0 Å². The highest BCUT2D eigenvalue weighted by molar-refractivity contribution is 7.99. The first-order valence-electron chi connectivity index (χ1n) is 5.57. The molecule has 0 unspecified atom stereocenters. The number of anilines is 1. The standard InChI is InChI=1S/C10H20N4OS/c1-4-15-6-5-7-16-10-13-12-9(11)14(10)8(2)3/h8H,4-7H2,1-3H3,(H2,11,12). The van der Waals surface area contributed by atoms with Gasteiger partial charge in [-0.2, -0.15) is 0 Å². The van der Waals surface area contributed by atoms with Crippen LogP contribution < -0.4 is 5.73 Å². The summed E-state index contributed by atoms with van der Waals surface area (Å²) in [5.74, 6) is 1.47. The number of nitrogens with two attached hydrogens (primary N) is 1. The molecular weight excluding hydrogens is 224 g/mol. The second-order valence-corrected chi connectivity index (χ2v) is 4.77. The molecule has 0 saturated carbocycles. The summed E-state index contributed by atoms with van der Waals surface area (Å²) < 4.78 is 7.22. The zero-order chi connectivity index (χ0) is 12.0. The van der Waals surface area contributed by atoms with E-state index in [9.17, 15) is 0 Å². The summed E-state index contributed by atoms with van der Waals surface area (Å²) in [6.45, 7) is 7.73. The van der Waals surface area contributed by atoms with Crippen LogP contribution >= 0.6 is 11.8 Å². The summed E-state index contributed by atoms with van der Waals surface area (Å²) in [4.78, 5) is 0. The minimum atomic E-state index is 0.296. The highest BCUT2D eigenvalue weighted by Crippen LogP contribution is 2.22. The average Bonchev–Trinajstić information content (AvgIpc) is 2.59. The molecule has 0 aliphatic rings. The molecular formula is C10H20N4OS. The predicted molar refractivity (Wildman–Crippen MR) is 66.7 cm³/mol. The van der Waals surface area contributed by atoms with E-state index in [1.807, 2.05) is 11.5 Å². The topological polar surface area (TPSA) is 66.0 Å². The summed E-state index contributed by atoms with van der Waals surface area (Å²) in [5.41, 5.74) is 5.75. The van der Waals surface area contributed by atoms with Gasteiger partial charge in [0.1, 0.15) is 0 Å². The Labute approximate surface area is 101 Å². The monoisotopic (exact) mass is 244 g/mol. The van der Waals surface area contributed by atoms with Gasteiger partial charge in [0, 0.05) is 25.0 Å². The maximum Gasteiger partial charge on any atom is 0.222 e. The van der Waals surface area contributed by atoms with Crippen molar-refractivity contribution in [1.29, 1.82) is 0 Å². The molecule has 0 atom stereocenters. The van der Waals surface area contributed by atoms with Crippen LogP contribution in [0.2, 0.25) is 0 Å². The van der Waals surface area contributed by atoms with Crippen LogP contribution in [-0.4, -0.2) is 33.7 Å². The molecule has 5 nitrogen and oxygen atoms in total. The van der Waals surface area contributed by atoms with Gasteiger partial charge in [-0.25, -0.2) is 0 Å². The Bertz CT molecular complexity index is 314. The van der Waals surface area contributed by atoms with Crippen molar-refractivity contribution in [3.8, 4) is 0 Å². The number of nitrogen functional groups attached to an aromatic ring is 1. The summed E-state index contributed by atoms with van der Waals surface area (Å²) >= 11 is 1.68. The SMILES string of the molecule is CCOCCCSc1nnc(N)n1C(C)C. The van der Waals surface area contributed by atoms with Gasteiger partial charge in [0.15, 0.2) is 5.16 Å². The fraction of sp³-hybridized carbons (Fsp3) is 0.800. The van der Waals surface area contributed by atoms with E-state index < -0.39 is 0 Å². The van der Waals surface area contributed by atoms with E-state index >= 15 is 0 Å². The van der Waals surface area contributed by atoms with E-state index in [-0.39, 0.29) is 0 Å². The fourth-order valence-corrected chi connectivity index (χ4v) is 2.33. The zero-order valence-electron chi connectivity index (χ0n) is 10.1. The Morgan fingerprint density at radius 2 is 2.19 bits per heavy atom. The average molecular weight is 244 g/mol. The normalized spacial score (nSPS) is 11.2. The lowest BCUT2D eigenvalue weighted by Crippen LogP contribution is -2.07. The van der Waals surface area contributed by atoms with Gasteiger partial charge in [0.05, 0.1) is 0 Å². The molecule has 0 bridgehead atoms. The van der Waals surface area contributed by atoms with Crippen LogP contribution in [0.5, 0.6) is 0 Å². The van der Waals surface area contributed by atoms with Crippen molar-refractivity contribution < 1.29 is 4.74 Å². The molecule has 2 N–H and O–H groups in total. The lowest BCUT2D eigenvalue weighted by Gasteiger charge is -2.10. The van der Waals surface area contributed by atoms with Crippen molar-refractivity contribution >= 4 is 17.7 Å². The summed E-state index contributed by atoms with van der Waals surface area (Å²) in [7, 11) is 0. The molecule has 0 aliphatic carbocycles. The molecule has 1 heterocycles. The largest absolute Gasteiger partial charge is 0.382 e. The van der Waals surface area contributed by atoms with Gasteiger partial charge in [-0.05, 0) is 27.2 Å². The van der Waals surface area contributed by atoms with E-state index in [0.717, 1.165) is 30.5 Å². The maximum atomic E-state index is 5.75. The van der Waals surface area contributed by atoms with Crippen molar-refractivity contribution in [3.63, 3.8) is 0 Å². The second-order valence-electron chi connectivity index (χ2n) is 3.70. The molecule has 1 rings (SSSR count). The molecule has 0 saturated heterocycles.